The fourth-order valence-corrected chi connectivity index (χ4v) is 7.86. The number of amides is 4. The van der Waals surface area contributed by atoms with Gasteiger partial charge in [0.1, 0.15) is 5.75 Å². The van der Waals surface area contributed by atoms with E-state index in [0.29, 0.717) is 63.0 Å². The Morgan fingerprint density at radius 3 is 2.26 bits per heavy atom. The molecule has 2 aromatic carbocycles. The van der Waals surface area contributed by atoms with Gasteiger partial charge in [-0.25, -0.2) is 9.59 Å². The lowest BCUT2D eigenvalue weighted by Gasteiger charge is -2.40. The number of halogens is 1. The number of anilines is 1. The van der Waals surface area contributed by atoms with Gasteiger partial charge in [0.25, 0.3) is 5.91 Å². The fraction of sp³-hybridized carbons (Fsp3) is 0.571. The third-order valence-corrected chi connectivity index (χ3v) is 10.8. The number of aromatic hydroxyl groups is 1. The van der Waals surface area contributed by atoms with Crippen LogP contribution in [-0.2, 0) is 22.4 Å². The zero-order chi connectivity index (χ0) is 32.2. The summed E-state index contributed by atoms with van der Waals surface area (Å²) in [5.41, 5.74) is 2.69. The molecule has 0 radical (unpaired) electrons. The van der Waals surface area contributed by atoms with Gasteiger partial charge in [-0.3, -0.25) is 4.79 Å². The van der Waals surface area contributed by atoms with E-state index in [4.69, 9.17) is 16.3 Å². The molecule has 11 heteroatoms. The van der Waals surface area contributed by atoms with E-state index in [-0.39, 0.29) is 35.2 Å². The zero-order valence-electron chi connectivity index (χ0n) is 26.7. The zero-order valence-corrected chi connectivity index (χ0v) is 27.5. The number of rotatable bonds is 6. The van der Waals surface area contributed by atoms with Crippen molar-refractivity contribution in [2.24, 2.45) is 11.8 Å². The first-order valence-electron chi connectivity index (χ1n) is 16.8. The van der Waals surface area contributed by atoms with Gasteiger partial charge in [-0.2, -0.15) is 0 Å². The topological polar surface area (TPSA) is 106 Å². The summed E-state index contributed by atoms with van der Waals surface area (Å²) in [5.74, 6) is 1.11. The Morgan fingerprint density at radius 1 is 0.913 bits per heavy atom. The Balaban J connectivity index is 1.07. The molecule has 0 spiro atoms. The molecule has 3 saturated heterocycles. The highest BCUT2D eigenvalue weighted by molar-refractivity contribution is 6.32. The minimum absolute atomic E-state index is 0.0146. The van der Waals surface area contributed by atoms with Gasteiger partial charge in [0, 0.05) is 50.9 Å². The first-order valence-corrected chi connectivity index (χ1v) is 17.2. The Hall–Kier alpha value is -3.50. The molecule has 0 aliphatic carbocycles. The van der Waals surface area contributed by atoms with Crippen molar-refractivity contribution in [1.29, 1.82) is 0 Å². The van der Waals surface area contributed by atoms with Crippen LogP contribution in [0, 0.1) is 11.8 Å². The van der Waals surface area contributed by atoms with Gasteiger partial charge in [0.2, 0.25) is 0 Å². The first-order chi connectivity index (χ1) is 22.2. The number of nitrogens with one attached hydrogen (secondary N) is 1. The van der Waals surface area contributed by atoms with Crippen LogP contribution < -0.4 is 5.32 Å². The second-order valence-corrected chi connectivity index (χ2v) is 13.8. The average molecular weight is 652 g/mol. The van der Waals surface area contributed by atoms with E-state index in [2.05, 4.69) is 17.3 Å². The number of carbonyl (C=O) groups excluding carboxylic acids is 3. The molecule has 0 unspecified atom stereocenters. The number of carbonyl (C=O) groups is 3. The molecule has 10 nitrogen and oxygen atoms in total. The predicted molar refractivity (Wildman–Crippen MR) is 177 cm³/mol. The number of ether oxygens (including phenoxy) is 1. The van der Waals surface area contributed by atoms with Gasteiger partial charge in [-0.15, -0.1) is 0 Å². The number of para-hydroxylation sites is 1. The maximum Gasteiger partial charge on any atom is 0.410 e. The first kappa shape index (κ1) is 32.4. The molecule has 2 aromatic rings. The third kappa shape index (κ3) is 7.55. The number of fused-ring (bicyclic) bond motifs is 1. The Labute approximate surface area is 276 Å². The lowest BCUT2D eigenvalue weighted by atomic mass is 9.79. The van der Waals surface area contributed by atoms with Crippen molar-refractivity contribution in [3.63, 3.8) is 0 Å². The molecule has 2 N–H and O–H groups in total. The molecular weight excluding hydrogens is 606 g/mol. The summed E-state index contributed by atoms with van der Waals surface area (Å²) >= 11 is 6.18. The van der Waals surface area contributed by atoms with Gasteiger partial charge in [-0.05, 0) is 106 Å². The van der Waals surface area contributed by atoms with Gasteiger partial charge < -0.3 is 34.8 Å². The van der Waals surface area contributed by atoms with Crippen LogP contribution in [0.5, 0.6) is 5.75 Å². The number of phenolic OH excluding ortho intramolecular Hbond substituents is 1. The second-order valence-electron chi connectivity index (χ2n) is 13.4. The highest BCUT2D eigenvalue weighted by Gasteiger charge is 2.37. The molecule has 3 fully saturated rings. The molecule has 4 aliphatic heterocycles. The molecule has 248 valence electrons. The van der Waals surface area contributed by atoms with Gasteiger partial charge in [0.15, 0.2) is 6.10 Å². The molecule has 1 atom stereocenters. The van der Waals surface area contributed by atoms with Crippen LogP contribution in [-0.4, -0.2) is 108 Å². The van der Waals surface area contributed by atoms with Crippen LogP contribution in [0.3, 0.4) is 0 Å². The van der Waals surface area contributed by atoms with E-state index in [1.165, 1.54) is 18.9 Å². The number of likely N-dealkylation sites (tertiary alicyclic amines) is 3. The number of urea groups is 1. The highest BCUT2D eigenvalue weighted by Crippen LogP contribution is 2.33. The van der Waals surface area contributed by atoms with E-state index >= 15 is 0 Å². The van der Waals surface area contributed by atoms with E-state index < -0.39 is 12.2 Å². The second kappa shape index (κ2) is 14.5. The van der Waals surface area contributed by atoms with Crippen LogP contribution >= 0.6 is 11.6 Å². The van der Waals surface area contributed by atoms with Crippen molar-refractivity contribution in [1.82, 2.24) is 19.6 Å². The largest absolute Gasteiger partial charge is 0.506 e. The molecular formula is C35H46ClN5O5. The summed E-state index contributed by atoms with van der Waals surface area (Å²) in [5, 5.41) is 13.1. The van der Waals surface area contributed by atoms with Crippen molar-refractivity contribution in [2.45, 2.75) is 63.5 Å². The van der Waals surface area contributed by atoms with E-state index in [9.17, 15) is 19.5 Å². The molecule has 4 heterocycles. The predicted octanol–water partition coefficient (Wildman–Crippen LogP) is 5.23. The SMILES string of the molecule is CN1CCC(C2CCN(C(=O)[C@@H](Cc3ccc(O)c(Cl)c3)OC(=O)N3CCC(N4CCc5ccccc5NC4=O)CC3)CC2)CC1. The van der Waals surface area contributed by atoms with Crippen molar-refractivity contribution in [2.75, 3.05) is 58.2 Å². The summed E-state index contributed by atoms with van der Waals surface area (Å²) in [6.07, 6.45) is 5.06. The summed E-state index contributed by atoms with van der Waals surface area (Å²) in [7, 11) is 2.18. The molecule has 0 saturated carbocycles. The van der Waals surface area contributed by atoms with Crippen LogP contribution in [0.4, 0.5) is 15.3 Å². The third-order valence-electron chi connectivity index (χ3n) is 10.5. The van der Waals surface area contributed by atoms with Crippen molar-refractivity contribution < 1.29 is 24.2 Å². The monoisotopic (exact) mass is 651 g/mol. The Bertz CT molecular complexity index is 1400. The van der Waals surface area contributed by atoms with Crippen LogP contribution in [0.1, 0.15) is 49.7 Å². The summed E-state index contributed by atoms with van der Waals surface area (Å²) < 4.78 is 5.99. The number of nitrogens with zero attached hydrogens (tertiary/aromatic N) is 4. The number of phenols is 1. The lowest BCUT2D eigenvalue weighted by molar-refractivity contribution is -0.142. The Kier molecular flexibility index (Phi) is 10.2. The molecule has 0 bridgehead atoms. The summed E-state index contributed by atoms with van der Waals surface area (Å²) in [4.78, 5) is 48.2. The minimum atomic E-state index is -0.999. The maximum absolute atomic E-state index is 13.9. The average Bonchev–Trinajstić information content (AvgIpc) is 3.24. The highest BCUT2D eigenvalue weighted by atomic mass is 35.5. The van der Waals surface area contributed by atoms with E-state index in [0.717, 1.165) is 43.6 Å². The van der Waals surface area contributed by atoms with Crippen molar-refractivity contribution >= 4 is 35.3 Å². The number of hydrogen-bond donors (Lipinski definition) is 2. The Morgan fingerprint density at radius 2 is 1.57 bits per heavy atom. The molecule has 0 aromatic heterocycles. The van der Waals surface area contributed by atoms with E-state index in [1.807, 2.05) is 34.1 Å². The smallest absolute Gasteiger partial charge is 0.410 e. The standard InChI is InChI=1S/C35H46ClN5O5/c1-38-15-8-25(9-16-38)26-10-17-39(18-11-26)33(43)32(23-24-6-7-31(42)29(36)22-24)46-35(45)40-19-13-28(14-20-40)41-21-12-27-4-2-3-5-30(27)37-34(41)44/h2-7,22,25-26,28,32,42H,8-21,23H2,1H3,(H,37,44)/t32-/m1/s1. The fourth-order valence-electron chi connectivity index (χ4n) is 7.66. The molecule has 6 rings (SSSR count). The molecule has 46 heavy (non-hydrogen) atoms. The van der Waals surface area contributed by atoms with Crippen LogP contribution in [0.25, 0.3) is 0 Å². The molecule has 4 amide bonds. The normalized spacial score (nSPS) is 21.3. The number of hydrogen-bond acceptors (Lipinski definition) is 6. The van der Waals surface area contributed by atoms with Gasteiger partial charge in [0.05, 0.1) is 5.02 Å². The van der Waals surface area contributed by atoms with Crippen LogP contribution in [0.15, 0.2) is 42.5 Å². The maximum atomic E-state index is 13.9. The summed E-state index contributed by atoms with van der Waals surface area (Å²) in [6, 6.07) is 12.6. The van der Waals surface area contributed by atoms with Crippen LogP contribution in [0.2, 0.25) is 5.02 Å². The summed E-state index contributed by atoms with van der Waals surface area (Å²) in [6.45, 7) is 5.09. The van der Waals surface area contributed by atoms with E-state index in [1.54, 1.807) is 17.0 Å². The van der Waals surface area contributed by atoms with Gasteiger partial charge in [-0.1, -0.05) is 35.9 Å². The van der Waals surface area contributed by atoms with Crippen molar-refractivity contribution in [3.8, 4) is 5.75 Å². The van der Waals surface area contributed by atoms with Gasteiger partial charge >= 0.3 is 12.1 Å². The van der Waals surface area contributed by atoms with Crippen molar-refractivity contribution in [3.05, 3.63) is 58.6 Å². The number of piperidine rings is 3. The molecule has 4 aliphatic rings. The minimum Gasteiger partial charge on any atom is -0.506 e. The lowest BCUT2D eigenvalue weighted by Crippen LogP contribution is -2.52. The quantitative estimate of drug-likeness (QED) is 0.443. The number of benzene rings is 2.